The van der Waals surface area contributed by atoms with Crippen molar-refractivity contribution in [2.24, 2.45) is 11.7 Å². The SMILES string of the molecule is CC(C)[C@H](N)C(=O)NCC(=O)NC(C)(C)c1ccc([N+](=O)[O-])cc1.Cl. The molecule has 1 rings (SSSR count). The van der Waals surface area contributed by atoms with Crippen LogP contribution in [0, 0.1) is 16.0 Å². The van der Waals surface area contributed by atoms with Crippen molar-refractivity contribution >= 4 is 29.9 Å². The van der Waals surface area contributed by atoms with Crippen LogP contribution in [0.1, 0.15) is 33.3 Å². The third-order valence-corrected chi connectivity index (χ3v) is 3.70. The van der Waals surface area contributed by atoms with Crippen LogP contribution in [-0.2, 0) is 15.1 Å². The summed E-state index contributed by atoms with van der Waals surface area (Å²) in [4.78, 5) is 34.0. The Morgan fingerprint density at radius 2 is 1.76 bits per heavy atom. The van der Waals surface area contributed by atoms with Gasteiger partial charge in [0, 0.05) is 12.1 Å². The fraction of sp³-hybridized carbons (Fsp3) is 0.500. The number of hydrogen-bond donors (Lipinski definition) is 3. The molecular formula is C16H25ClN4O4. The predicted molar refractivity (Wildman–Crippen MR) is 97.3 cm³/mol. The molecule has 9 heteroatoms. The summed E-state index contributed by atoms with van der Waals surface area (Å²) in [6.07, 6.45) is 0. The molecule has 0 aliphatic rings. The van der Waals surface area contributed by atoms with Crippen LogP contribution >= 0.6 is 12.4 Å². The number of nitro benzene ring substituents is 1. The Morgan fingerprint density at radius 3 is 2.20 bits per heavy atom. The molecule has 0 fully saturated rings. The van der Waals surface area contributed by atoms with Gasteiger partial charge in [-0.05, 0) is 37.5 Å². The smallest absolute Gasteiger partial charge is 0.269 e. The Morgan fingerprint density at radius 1 is 1.24 bits per heavy atom. The molecule has 0 spiro atoms. The molecule has 0 aromatic heterocycles. The summed E-state index contributed by atoms with van der Waals surface area (Å²) >= 11 is 0. The van der Waals surface area contributed by atoms with E-state index < -0.39 is 16.5 Å². The zero-order valence-electron chi connectivity index (χ0n) is 14.7. The van der Waals surface area contributed by atoms with Crippen LogP contribution in [0.4, 0.5) is 5.69 Å². The Labute approximate surface area is 153 Å². The zero-order valence-corrected chi connectivity index (χ0v) is 15.6. The Hall–Kier alpha value is -2.19. The van der Waals surface area contributed by atoms with Crippen LogP contribution < -0.4 is 16.4 Å². The molecule has 0 aliphatic carbocycles. The number of nitrogens with one attached hydrogen (secondary N) is 2. The molecule has 1 aromatic rings. The van der Waals surface area contributed by atoms with Gasteiger partial charge in [0.2, 0.25) is 11.8 Å². The summed E-state index contributed by atoms with van der Waals surface area (Å²) in [6.45, 7) is 7.00. The van der Waals surface area contributed by atoms with Crippen molar-refractivity contribution in [3.63, 3.8) is 0 Å². The zero-order chi connectivity index (χ0) is 18.5. The topological polar surface area (TPSA) is 127 Å². The van der Waals surface area contributed by atoms with E-state index in [2.05, 4.69) is 10.6 Å². The van der Waals surface area contributed by atoms with E-state index in [1.54, 1.807) is 26.0 Å². The predicted octanol–water partition coefficient (Wildman–Crippen LogP) is 1.47. The second-order valence-corrected chi connectivity index (χ2v) is 6.46. The van der Waals surface area contributed by atoms with Gasteiger partial charge in [-0.25, -0.2) is 0 Å². The minimum atomic E-state index is -0.739. The summed E-state index contributed by atoms with van der Waals surface area (Å²) < 4.78 is 0. The molecule has 0 saturated heterocycles. The molecule has 140 valence electrons. The summed E-state index contributed by atoms with van der Waals surface area (Å²) in [5.74, 6) is -0.777. The van der Waals surface area contributed by atoms with Gasteiger partial charge >= 0.3 is 0 Å². The molecule has 4 N–H and O–H groups in total. The van der Waals surface area contributed by atoms with Gasteiger partial charge in [0.1, 0.15) is 0 Å². The monoisotopic (exact) mass is 372 g/mol. The second kappa shape index (κ2) is 9.33. The Kier molecular flexibility index (Phi) is 8.52. The van der Waals surface area contributed by atoms with Crippen LogP contribution in [0.2, 0.25) is 0 Å². The van der Waals surface area contributed by atoms with Crippen molar-refractivity contribution in [2.75, 3.05) is 6.54 Å². The van der Waals surface area contributed by atoms with Crippen molar-refractivity contribution in [1.29, 1.82) is 0 Å². The molecule has 0 aliphatic heterocycles. The largest absolute Gasteiger partial charge is 0.346 e. The normalized spacial score (nSPS) is 12.1. The molecule has 1 aromatic carbocycles. The maximum absolute atomic E-state index is 12.0. The molecule has 0 unspecified atom stereocenters. The van der Waals surface area contributed by atoms with Crippen molar-refractivity contribution < 1.29 is 14.5 Å². The molecule has 0 saturated carbocycles. The molecular weight excluding hydrogens is 348 g/mol. The first kappa shape index (κ1) is 22.8. The van der Waals surface area contributed by atoms with Crippen LogP contribution in [0.25, 0.3) is 0 Å². The van der Waals surface area contributed by atoms with E-state index in [0.29, 0.717) is 5.56 Å². The van der Waals surface area contributed by atoms with E-state index in [-0.39, 0.29) is 42.4 Å². The number of nitrogens with zero attached hydrogens (tertiary/aromatic N) is 1. The van der Waals surface area contributed by atoms with Crippen molar-refractivity contribution in [2.45, 2.75) is 39.3 Å². The first-order valence-corrected chi connectivity index (χ1v) is 7.64. The summed E-state index contributed by atoms with van der Waals surface area (Å²) in [6, 6.07) is 5.27. The summed E-state index contributed by atoms with van der Waals surface area (Å²) in [7, 11) is 0. The van der Waals surface area contributed by atoms with Gasteiger partial charge in [-0.1, -0.05) is 13.8 Å². The minimum absolute atomic E-state index is 0. The third kappa shape index (κ3) is 6.67. The number of carbonyl (C=O) groups excluding carboxylic acids is 2. The number of nitrogens with two attached hydrogens (primary N) is 1. The average Bonchev–Trinajstić information content (AvgIpc) is 2.51. The summed E-state index contributed by atoms with van der Waals surface area (Å²) in [5, 5.41) is 16.0. The van der Waals surface area contributed by atoms with Crippen LogP contribution in [0.15, 0.2) is 24.3 Å². The highest BCUT2D eigenvalue weighted by Crippen LogP contribution is 2.22. The number of non-ortho nitro benzene ring substituents is 1. The molecule has 2 amide bonds. The highest BCUT2D eigenvalue weighted by atomic mass is 35.5. The van der Waals surface area contributed by atoms with Crippen LogP contribution in [0.5, 0.6) is 0 Å². The van der Waals surface area contributed by atoms with Gasteiger partial charge in [0.25, 0.3) is 5.69 Å². The first-order valence-electron chi connectivity index (χ1n) is 7.64. The second-order valence-electron chi connectivity index (χ2n) is 6.46. The van der Waals surface area contributed by atoms with Crippen LogP contribution in [0.3, 0.4) is 0 Å². The number of nitro groups is 1. The molecule has 0 radical (unpaired) electrons. The third-order valence-electron chi connectivity index (χ3n) is 3.70. The lowest BCUT2D eigenvalue weighted by atomic mass is 9.94. The summed E-state index contributed by atoms with van der Waals surface area (Å²) in [5.41, 5.74) is 5.66. The quantitative estimate of drug-likeness (QED) is 0.493. The lowest BCUT2D eigenvalue weighted by Crippen LogP contribution is -2.50. The van der Waals surface area contributed by atoms with Gasteiger partial charge in [-0.15, -0.1) is 12.4 Å². The molecule has 1 atom stereocenters. The van der Waals surface area contributed by atoms with Crippen molar-refractivity contribution in [3.8, 4) is 0 Å². The van der Waals surface area contributed by atoms with Gasteiger partial charge < -0.3 is 16.4 Å². The fourth-order valence-corrected chi connectivity index (χ4v) is 2.05. The number of halogens is 1. The van der Waals surface area contributed by atoms with E-state index >= 15 is 0 Å². The number of carbonyl (C=O) groups is 2. The standard InChI is InChI=1S/C16H24N4O4.ClH/c1-10(2)14(17)15(22)18-9-13(21)19-16(3,4)11-5-7-12(8-6-11)20(23)24;/h5-8,10,14H,9,17H2,1-4H3,(H,18,22)(H,19,21);1H/t14-;/m0./s1. The number of hydrogen-bond acceptors (Lipinski definition) is 5. The number of amides is 2. The maximum Gasteiger partial charge on any atom is 0.269 e. The lowest BCUT2D eigenvalue weighted by Gasteiger charge is -2.27. The highest BCUT2D eigenvalue weighted by Gasteiger charge is 2.24. The van der Waals surface area contributed by atoms with Gasteiger partial charge in [0.05, 0.1) is 23.0 Å². The Balaban J connectivity index is 0.00000576. The van der Waals surface area contributed by atoms with Crippen molar-refractivity contribution in [1.82, 2.24) is 10.6 Å². The van der Waals surface area contributed by atoms with E-state index in [9.17, 15) is 19.7 Å². The lowest BCUT2D eigenvalue weighted by molar-refractivity contribution is -0.384. The van der Waals surface area contributed by atoms with Gasteiger partial charge in [0.15, 0.2) is 0 Å². The van der Waals surface area contributed by atoms with E-state index in [0.717, 1.165) is 0 Å². The molecule has 25 heavy (non-hydrogen) atoms. The maximum atomic E-state index is 12.0. The first-order chi connectivity index (χ1) is 11.0. The Bertz CT molecular complexity index is 617. The van der Waals surface area contributed by atoms with Gasteiger partial charge in [-0.3, -0.25) is 19.7 Å². The van der Waals surface area contributed by atoms with E-state index in [1.165, 1.54) is 12.1 Å². The van der Waals surface area contributed by atoms with Gasteiger partial charge in [-0.2, -0.15) is 0 Å². The average molecular weight is 373 g/mol. The molecule has 8 nitrogen and oxygen atoms in total. The molecule has 0 bridgehead atoms. The number of rotatable bonds is 7. The molecule has 0 heterocycles. The van der Waals surface area contributed by atoms with Crippen molar-refractivity contribution in [3.05, 3.63) is 39.9 Å². The minimum Gasteiger partial charge on any atom is -0.346 e. The number of benzene rings is 1. The highest BCUT2D eigenvalue weighted by molar-refractivity contribution is 5.87. The van der Waals surface area contributed by atoms with Crippen LogP contribution in [-0.4, -0.2) is 29.3 Å². The fourth-order valence-electron chi connectivity index (χ4n) is 2.05. The van der Waals surface area contributed by atoms with E-state index in [4.69, 9.17) is 5.73 Å². The van der Waals surface area contributed by atoms with E-state index in [1.807, 2.05) is 13.8 Å².